The van der Waals surface area contributed by atoms with Crippen LogP contribution in [0.25, 0.3) is 5.57 Å². The van der Waals surface area contributed by atoms with Crippen LogP contribution in [0.4, 0.5) is 0 Å². The Morgan fingerprint density at radius 3 is 2.31 bits per heavy atom. The molecule has 3 aliphatic rings. The Morgan fingerprint density at radius 1 is 0.862 bits per heavy atom. The normalized spacial score (nSPS) is 19.1. The van der Waals surface area contributed by atoms with Crippen LogP contribution in [0.3, 0.4) is 0 Å². The van der Waals surface area contributed by atoms with Crippen LogP contribution >= 0.6 is 0 Å². The van der Waals surface area contributed by atoms with Crippen molar-refractivity contribution < 1.29 is 4.79 Å². The van der Waals surface area contributed by atoms with Crippen molar-refractivity contribution in [1.29, 1.82) is 0 Å². The molecule has 0 saturated carbocycles. The largest absolute Gasteiger partial charge is 0.338 e. The average Bonchev–Trinajstić information content (AvgIpc) is 3.15. The molecule has 5 heteroatoms. The molecule has 5 rings (SSSR count). The number of aryl methyl sites for hydroxylation is 2. The molecule has 0 N–H and O–H groups in total. The zero-order valence-corrected chi connectivity index (χ0v) is 17.1. The second-order valence-corrected chi connectivity index (χ2v) is 8.08. The number of allylic oxidation sites excluding steroid dienone is 2. The number of carbonyl (C=O) groups is 1. The highest BCUT2D eigenvalue weighted by Gasteiger charge is 2.36. The van der Waals surface area contributed by atoms with Crippen molar-refractivity contribution in [1.82, 2.24) is 9.80 Å². The number of rotatable bonds is 1. The van der Waals surface area contributed by atoms with Gasteiger partial charge in [-0.25, -0.2) is 9.98 Å². The number of aliphatic imine (C=N–C) groups is 2. The van der Waals surface area contributed by atoms with Gasteiger partial charge in [-0.15, -0.1) is 0 Å². The quantitative estimate of drug-likeness (QED) is 0.758. The molecule has 1 aliphatic carbocycles. The molecule has 1 saturated heterocycles. The number of nitrogens with zero attached hydrogens (tertiary/aromatic N) is 4. The molecular weight excluding hydrogens is 360 g/mol. The zero-order chi connectivity index (χ0) is 20.1. The second kappa shape index (κ2) is 6.78. The van der Waals surface area contributed by atoms with E-state index in [-0.39, 0.29) is 5.78 Å². The molecule has 0 atom stereocenters. The Kier molecular flexibility index (Phi) is 4.21. The molecule has 5 nitrogen and oxygen atoms in total. The van der Waals surface area contributed by atoms with Crippen LogP contribution in [0.2, 0.25) is 0 Å². The van der Waals surface area contributed by atoms with Crippen molar-refractivity contribution in [2.75, 3.05) is 33.2 Å². The summed E-state index contributed by atoms with van der Waals surface area (Å²) in [6, 6.07) is 14.0. The second-order valence-electron chi connectivity index (χ2n) is 8.08. The number of benzene rings is 2. The minimum absolute atomic E-state index is 0.0323. The van der Waals surface area contributed by atoms with E-state index in [1.807, 2.05) is 30.3 Å². The third-order valence-electron chi connectivity index (χ3n) is 5.98. The van der Waals surface area contributed by atoms with Gasteiger partial charge in [0.05, 0.1) is 5.57 Å². The van der Waals surface area contributed by atoms with Gasteiger partial charge in [0.25, 0.3) is 0 Å². The van der Waals surface area contributed by atoms with Gasteiger partial charge in [-0.1, -0.05) is 48.0 Å². The summed E-state index contributed by atoms with van der Waals surface area (Å²) >= 11 is 0. The molecule has 2 aromatic rings. The van der Waals surface area contributed by atoms with Gasteiger partial charge in [0.1, 0.15) is 11.4 Å². The molecule has 0 bridgehead atoms. The monoisotopic (exact) mass is 384 g/mol. The zero-order valence-electron chi connectivity index (χ0n) is 17.1. The minimum atomic E-state index is 0.0323. The van der Waals surface area contributed by atoms with Gasteiger partial charge in [-0.2, -0.15) is 0 Å². The maximum Gasteiger partial charge on any atom is 0.226 e. The summed E-state index contributed by atoms with van der Waals surface area (Å²) in [6.45, 7) is 7.89. The fourth-order valence-corrected chi connectivity index (χ4v) is 4.31. The van der Waals surface area contributed by atoms with Crippen molar-refractivity contribution in [3.05, 3.63) is 76.0 Å². The summed E-state index contributed by atoms with van der Waals surface area (Å²) in [5, 5.41) is 0. The Labute approximate surface area is 171 Å². The maximum absolute atomic E-state index is 13.5. The van der Waals surface area contributed by atoms with Gasteiger partial charge in [-0.3, -0.25) is 4.79 Å². The number of likely N-dealkylation sites (N-methyl/N-ethyl adjacent to an activating group) is 1. The van der Waals surface area contributed by atoms with Crippen molar-refractivity contribution >= 4 is 23.0 Å². The van der Waals surface area contributed by atoms with E-state index in [9.17, 15) is 4.79 Å². The van der Waals surface area contributed by atoms with Gasteiger partial charge in [0.2, 0.25) is 5.96 Å². The lowest BCUT2D eigenvalue weighted by Crippen LogP contribution is -2.46. The summed E-state index contributed by atoms with van der Waals surface area (Å²) in [5.41, 5.74) is 7.02. The van der Waals surface area contributed by atoms with Crippen LogP contribution in [-0.4, -0.2) is 60.5 Å². The lowest BCUT2D eigenvalue weighted by Gasteiger charge is -2.32. The number of piperazine rings is 1. The molecule has 2 aliphatic heterocycles. The first-order valence-corrected chi connectivity index (χ1v) is 10.1. The lowest BCUT2D eigenvalue weighted by molar-refractivity contribution is 0.105. The number of ketones is 1. The maximum atomic E-state index is 13.5. The highest BCUT2D eigenvalue weighted by molar-refractivity contribution is 6.43. The highest BCUT2D eigenvalue weighted by Crippen LogP contribution is 2.37. The third kappa shape index (κ3) is 2.93. The fourth-order valence-electron chi connectivity index (χ4n) is 4.31. The van der Waals surface area contributed by atoms with Crippen molar-refractivity contribution in [2.24, 2.45) is 9.98 Å². The van der Waals surface area contributed by atoms with E-state index < -0.39 is 0 Å². The van der Waals surface area contributed by atoms with Crippen molar-refractivity contribution in [3.63, 3.8) is 0 Å². The van der Waals surface area contributed by atoms with Crippen molar-refractivity contribution in [3.8, 4) is 0 Å². The number of hydrogen-bond acceptors (Lipinski definition) is 5. The summed E-state index contributed by atoms with van der Waals surface area (Å²) < 4.78 is 0. The summed E-state index contributed by atoms with van der Waals surface area (Å²) in [5.74, 6) is 0.764. The summed E-state index contributed by atoms with van der Waals surface area (Å²) in [7, 11) is 2.13. The van der Waals surface area contributed by atoms with E-state index in [4.69, 9.17) is 9.98 Å². The van der Waals surface area contributed by atoms with E-state index in [1.54, 1.807) is 0 Å². The van der Waals surface area contributed by atoms with E-state index >= 15 is 0 Å². The van der Waals surface area contributed by atoms with E-state index in [0.29, 0.717) is 11.1 Å². The van der Waals surface area contributed by atoms with Crippen LogP contribution in [-0.2, 0) is 0 Å². The standard InChI is InChI=1S/C24H24N4O/c1-15-8-9-17(16(2)14-15)20-22-21(18-6-4-5-7-19(18)23(20)29)25-24(26-22)28-12-10-27(3)11-13-28/h4-9,14H,10-13H2,1-3H3. The van der Waals surface area contributed by atoms with E-state index in [1.165, 1.54) is 5.56 Å². The average molecular weight is 384 g/mol. The topological polar surface area (TPSA) is 48.3 Å². The number of hydrogen-bond donors (Lipinski definition) is 0. The number of fused-ring (bicyclic) bond motifs is 3. The van der Waals surface area contributed by atoms with Crippen LogP contribution in [0.1, 0.15) is 32.6 Å². The van der Waals surface area contributed by atoms with Gasteiger partial charge in [-0.05, 0) is 32.0 Å². The Balaban J connectivity index is 1.69. The SMILES string of the molecule is Cc1ccc(C2=C3N=C(N4CCN(C)CC4)N=C3c3ccccc3C2=O)c(C)c1. The number of carbonyl (C=O) groups excluding carboxylic acids is 1. The van der Waals surface area contributed by atoms with Crippen LogP contribution < -0.4 is 0 Å². The molecule has 0 spiro atoms. The van der Waals surface area contributed by atoms with E-state index in [2.05, 4.69) is 42.8 Å². The molecule has 0 unspecified atom stereocenters. The Hall–Kier alpha value is -3.05. The molecule has 2 aromatic carbocycles. The lowest BCUT2D eigenvalue weighted by atomic mass is 9.82. The van der Waals surface area contributed by atoms with Crippen LogP contribution in [0, 0.1) is 13.8 Å². The van der Waals surface area contributed by atoms with Gasteiger partial charge < -0.3 is 9.80 Å². The van der Waals surface area contributed by atoms with E-state index in [0.717, 1.165) is 60.2 Å². The molecule has 2 heterocycles. The smallest absolute Gasteiger partial charge is 0.226 e. The Bertz CT molecular complexity index is 1120. The number of guanidine groups is 1. The molecule has 0 radical (unpaired) electrons. The molecule has 1 fully saturated rings. The van der Waals surface area contributed by atoms with Gasteiger partial charge in [0, 0.05) is 37.3 Å². The highest BCUT2D eigenvalue weighted by atomic mass is 16.1. The summed E-state index contributed by atoms with van der Waals surface area (Å²) in [6.07, 6.45) is 0. The summed E-state index contributed by atoms with van der Waals surface area (Å²) in [4.78, 5) is 27.9. The first-order valence-electron chi connectivity index (χ1n) is 10.1. The third-order valence-corrected chi connectivity index (χ3v) is 5.98. The van der Waals surface area contributed by atoms with Crippen molar-refractivity contribution in [2.45, 2.75) is 13.8 Å². The fraction of sp³-hybridized carbons (Fsp3) is 0.292. The predicted octanol–water partition coefficient (Wildman–Crippen LogP) is 3.32. The van der Waals surface area contributed by atoms with Crippen LogP contribution in [0.5, 0.6) is 0 Å². The number of Topliss-reactive ketones (excluding diaryl/α,β-unsaturated/α-hetero) is 1. The molecule has 0 aromatic heterocycles. The predicted molar refractivity (Wildman–Crippen MR) is 117 cm³/mol. The van der Waals surface area contributed by atoms with Crippen LogP contribution in [0.15, 0.2) is 58.1 Å². The first-order chi connectivity index (χ1) is 14.0. The Morgan fingerprint density at radius 2 is 1.59 bits per heavy atom. The van der Waals surface area contributed by atoms with Gasteiger partial charge >= 0.3 is 0 Å². The molecule has 0 amide bonds. The molecular formula is C24H24N4O. The minimum Gasteiger partial charge on any atom is -0.338 e. The van der Waals surface area contributed by atoms with Gasteiger partial charge in [0.15, 0.2) is 5.78 Å². The molecule has 29 heavy (non-hydrogen) atoms. The molecule has 146 valence electrons. The first kappa shape index (κ1) is 18.0.